The highest BCUT2D eigenvalue weighted by Crippen LogP contribution is 2.27. The van der Waals surface area contributed by atoms with E-state index >= 15 is 0 Å². The summed E-state index contributed by atoms with van der Waals surface area (Å²) in [7, 11) is 0. The van der Waals surface area contributed by atoms with Gasteiger partial charge in [-0.05, 0) is 55.0 Å². The van der Waals surface area contributed by atoms with Crippen LogP contribution in [0.1, 0.15) is 12.0 Å². The SMILES string of the molecule is Cc1cc(Br)ccc1NC(=O)COC(=O)[C@@H]1CC(=O)N(c2ccc(Cl)cc2)C1. The van der Waals surface area contributed by atoms with Gasteiger partial charge in [-0.15, -0.1) is 0 Å². The van der Waals surface area contributed by atoms with Crippen LogP contribution in [0.5, 0.6) is 0 Å². The smallest absolute Gasteiger partial charge is 0.311 e. The molecule has 6 nitrogen and oxygen atoms in total. The van der Waals surface area contributed by atoms with Gasteiger partial charge in [-0.3, -0.25) is 14.4 Å². The van der Waals surface area contributed by atoms with E-state index in [-0.39, 0.29) is 18.9 Å². The lowest BCUT2D eigenvalue weighted by atomic mass is 10.1. The summed E-state index contributed by atoms with van der Waals surface area (Å²) in [6.07, 6.45) is 0.0505. The van der Waals surface area contributed by atoms with Crippen LogP contribution in [-0.2, 0) is 19.1 Å². The van der Waals surface area contributed by atoms with Crippen LogP contribution in [0, 0.1) is 12.8 Å². The number of nitrogens with zero attached hydrogens (tertiary/aromatic N) is 1. The summed E-state index contributed by atoms with van der Waals surface area (Å²) in [5.74, 6) is -1.77. The molecule has 1 fully saturated rings. The Balaban J connectivity index is 1.53. The summed E-state index contributed by atoms with van der Waals surface area (Å²) < 4.78 is 6.02. The van der Waals surface area contributed by atoms with Crippen molar-refractivity contribution < 1.29 is 19.1 Å². The van der Waals surface area contributed by atoms with Gasteiger partial charge in [0.15, 0.2) is 6.61 Å². The Bertz CT molecular complexity index is 917. The number of anilines is 2. The van der Waals surface area contributed by atoms with Gasteiger partial charge in [0.2, 0.25) is 5.91 Å². The zero-order valence-corrected chi connectivity index (χ0v) is 17.4. The Morgan fingerprint density at radius 3 is 2.64 bits per heavy atom. The van der Waals surface area contributed by atoms with Gasteiger partial charge in [-0.1, -0.05) is 27.5 Å². The van der Waals surface area contributed by atoms with E-state index in [1.54, 1.807) is 30.3 Å². The fraction of sp³-hybridized carbons (Fsp3) is 0.250. The van der Waals surface area contributed by atoms with Crippen LogP contribution < -0.4 is 10.2 Å². The summed E-state index contributed by atoms with van der Waals surface area (Å²) in [6.45, 7) is 1.68. The quantitative estimate of drug-likeness (QED) is 0.679. The topological polar surface area (TPSA) is 75.7 Å². The highest BCUT2D eigenvalue weighted by Gasteiger charge is 2.36. The second-order valence-corrected chi connectivity index (χ2v) is 7.85. The summed E-state index contributed by atoms with van der Waals surface area (Å²) in [5, 5.41) is 3.27. The largest absolute Gasteiger partial charge is 0.455 e. The maximum Gasteiger partial charge on any atom is 0.311 e. The molecule has 2 aromatic rings. The lowest BCUT2D eigenvalue weighted by Gasteiger charge is -2.16. The Labute approximate surface area is 175 Å². The standard InChI is InChI=1S/C20H18BrClN2O4/c1-12-8-14(21)2-7-17(12)23-18(25)11-28-20(27)13-9-19(26)24(10-13)16-5-3-15(22)4-6-16/h2-8,13H,9-11H2,1H3,(H,23,25)/t13-/m1/s1. The maximum absolute atomic E-state index is 12.3. The number of nitrogens with one attached hydrogen (secondary N) is 1. The van der Waals surface area contributed by atoms with Crippen LogP contribution in [0.2, 0.25) is 5.02 Å². The van der Waals surface area contributed by atoms with Crippen LogP contribution in [-0.4, -0.2) is 30.9 Å². The Morgan fingerprint density at radius 2 is 1.96 bits per heavy atom. The first-order valence-corrected chi connectivity index (χ1v) is 9.79. The van der Waals surface area contributed by atoms with Crippen LogP contribution in [0.15, 0.2) is 46.9 Å². The fourth-order valence-electron chi connectivity index (χ4n) is 2.94. The van der Waals surface area contributed by atoms with Crippen molar-refractivity contribution in [3.05, 3.63) is 57.5 Å². The average Bonchev–Trinajstić information content (AvgIpc) is 3.04. The molecule has 0 saturated carbocycles. The number of benzene rings is 2. The van der Waals surface area contributed by atoms with Crippen LogP contribution >= 0.6 is 27.5 Å². The molecule has 8 heteroatoms. The van der Waals surface area contributed by atoms with Crippen molar-refractivity contribution in [2.75, 3.05) is 23.4 Å². The number of amides is 2. The predicted octanol–water partition coefficient (Wildman–Crippen LogP) is 3.95. The van der Waals surface area contributed by atoms with E-state index in [1.165, 1.54) is 4.90 Å². The zero-order valence-electron chi connectivity index (χ0n) is 15.1. The second-order valence-electron chi connectivity index (χ2n) is 6.50. The first-order chi connectivity index (χ1) is 13.3. The summed E-state index contributed by atoms with van der Waals surface area (Å²) in [4.78, 5) is 38.1. The third-order valence-corrected chi connectivity index (χ3v) is 5.15. The number of aryl methyl sites for hydroxylation is 1. The van der Waals surface area contributed by atoms with Gasteiger partial charge in [0, 0.05) is 33.8 Å². The van der Waals surface area contributed by atoms with Gasteiger partial charge in [0.25, 0.3) is 5.91 Å². The number of carbonyl (C=O) groups excluding carboxylic acids is 3. The molecule has 3 rings (SSSR count). The number of ether oxygens (including phenoxy) is 1. The number of hydrogen-bond donors (Lipinski definition) is 1. The molecule has 2 aromatic carbocycles. The predicted molar refractivity (Wildman–Crippen MR) is 110 cm³/mol. The summed E-state index contributed by atoms with van der Waals surface area (Å²) in [5.41, 5.74) is 2.21. The molecule has 146 valence electrons. The van der Waals surface area contributed by atoms with Crippen molar-refractivity contribution >= 4 is 56.7 Å². The molecule has 1 atom stereocenters. The van der Waals surface area contributed by atoms with Gasteiger partial charge in [-0.25, -0.2) is 0 Å². The number of hydrogen-bond acceptors (Lipinski definition) is 4. The third-order valence-electron chi connectivity index (χ3n) is 4.40. The van der Waals surface area contributed by atoms with Gasteiger partial charge in [0.05, 0.1) is 5.92 Å². The minimum absolute atomic E-state index is 0.0505. The molecular formula is C20H18BrClN2O4. The minimum Gasteiger partial charge on any atom is -0.455 e. The molecule has 0 aromatic heterocycles. The molecule has 2 amide bonds. The van der Waals surface area contributed by atoms with E-state index in [0.717, 1.165) is 10.0 Å². The molecule has 0 aliphatic carbocycles. The van der Waals surface area contributed by atoms with E-state index in [9.17, 15) is 14.4 Å². The Hall–Kier alpha value is -2.38. The van der Waals surface area contributed by atoms with E-state index in [4.69, 9.17) is 16.3 Å². The van der Waals surface area contributed by atoms with Gasteiger partial charge in [0.1, 0.15) is 0 Å². The monoisotopic (exact) mass is 464 g/mol. The highest BCUT2D eigenvalue weighted by molar-refractivity contribution is 9.10. The second kappa shape index (κ2) is 8.75. The van der Waals surface area contributed by atoms with Crippen molar-refractivity contribution in [2.45, 2.75) is 13.3 Å². The molecule has 0 bridgehead atoms. The molecule has 1 saturated heterocycles. The molecule has 1 aliphatic heterocycles. The fourth-order valence-corrected chi connectivity index (χ4v) is 3.55. The number of carbonyl (C=O) groups is 3. The molecule has 1 N–H and O–H groups in total. The molecule has 28 heavy (non-hydrogen) atoms. The molecule has 0 radical (unpaired) electrons. The molecule has 0 spiro atoms. The van der Waals surface area contributed by atoms with E-state index < -0.39 is 24.4 Å². The minimum atomic E-state index is -0.606. The normalized spacial score (nSPS) is 16.2. The first kappa shape index (κ1) is 20.4. The Morgan fingerprint density at radius 1 is 1.25 bits per heavy atom. The van der Waals surface area contributed by atoms with Crippen molar-refractivity contribution in [3.63, 3.8) is 0 Å². The number of halogens is 2. The van der Waals surface area contributed by atoms with Crippen LogP contribution in [0.25, 0.3) is 0 Å². The average molecular weight is 466 g/mol. The summed E-state index contributed by atoms with van der Waals surface area (Å²) in [6, 6.07) is 12.3. The lowest BCUT2D eigenvalue weighted by Crippen LogP contribution is -2.28. The number of esters is 1. The maximum atomic E-state index is 12.3. The van der Waals surface area contributed by atoms with Crippen molar-refractivity contribution in [3.8, 4) is 0 Å². The van der Waals surface area contributed by atoms with Gasteiger partial charge >= 0.3 is 5.97 Å². The molecule has 1 heterocycles. The van der Waals surface area contributed by atoms with Gasteiger partial charge in [-0.2, -0.15) is 0 Å². The van der Waals surface area contributed by atoms with E-state index in [2.05, 4.69) is 21.2 Å². The third kappa shape index (κ3) is 4.91. The van der Waals surface area contributed by atoms with Crippen molar-refractivity contribution in [2.24, 2.45) is 5.92 Å². The Kier molecular flexibility index (Phi) is 6.36. The molecular weight excluding hydrogens is 448 g/mol. The van der Waals surface area contributed by atoms with Crippen molar-refractivity contribution in [1.29, 1.82) is 0 Å². The van der Waals surface area contributed by atoms with Crippen LogP contribution in [0.4, 0.5) is 11.4 Å². The van der Waals surface area contributed by atoms with Crippen LogP contribution in [0.3, 0.4) is 0 Å². The first-order valence-electron chi connectivity index (χ1n) is 8.62. The summed E-state index contributed by atoms with van der Waals surface area (Å²) >= 11 is 9.22. The molecule has 1 aliphatic rings. The van der Waals surface area contributed by atoms with Gasteiger partial charge < -0.3 is 15.0 Å². The zero-order chi connectivity index (χ0) is 20.3. The highest BCUT2D eigenvalue weighted by atomic mass is 79.9. The van der Waals surface area contributed by atoms with E-state index in [1.807, 2.05) is 19.1 Å². The van der Waals surface area contributed by atoms with E-state index in [0.29, 0.717) is 16.4 Å². The number of rotatable bonds is 5. The lowest BCUT2D eigenvalue weighted by molar-refractivity contribution is -0.151. The molecule has 0 unspecified atom stereocenters. The van der Waals surface area contributed by atoms with Crippen molar-refractivity contribution in [1.82, 2.24) is 0 Å².